The highest BCUT2D eigenvalue weighted by Crippen LogP contribution is 2.64. The Labute approximate surface area is 188 Å². The molecule has 0 aromatic carbocycles. The molecule has 32 heavy (non-hydrogen) atoms. The van der Waals surface area contributed by atoms with Crippen molar-refractivity contribution < 1.29 is 33.8 Å². The van der Waals surface area contributed by atoms with Crippen LogP contribution in [0.3, 0.4) is 0 Å². The molecule has 0 amide bonds. The standard InChI is InChI=1S/C25H32O7/c1-14(32-23(29)30)22(28)31-13-21(27)20-7-6-18-17-5-4-15-12-16(26)8-10-24(15,2)19(17)9-11-25(18,20)3/h9,12,14,17-18,20H,4-8,10-11,13H2,1-3H3,(H,29,30). The van der Waals surface area contributed by atoms with Gasteiger partial charge >= 0.3 is 12.1 Å². The van der Waals surface area contributed by atoms with Gasteiger partial charge in [0.05, 0.1) is 0 Å². The SMILES string of the molecule is CC(OC(=O)O)C(=O)OCC(=O)C1CCC2C3CCC4=CC(=O)CCC4(C)C3=CCC12C. The van der Waals surface area contributed by atoms with E-state index in [0.29, 0.717) is 18.3 Å². The van der Waals surface area contributed by atoms with E-state index in [1.807, 2.05) is 6.08 Å². The van der Waals surface area contributed by atoms with Gasteiger partial charge in [0.1, 0.15) is 6.61 Å². The molecule has 6 atom stereocenters. The number of ketones is 2. The van der Waals surface area contributed by atoms with Crippen LogP contribution in [0.5, 0.6) is 0 Å². The molecule has 0 aromatic heterocycles. The maximum atomic E-state index is 13.0. The lowest BCUT2D eigenvalue weighted by Gasteiger charge is -2.53. The van der Waals surface area contributed by atoms with Gasteiger partial charge in [-0.1, -0.05) is 31.1 Å². The van der Waals surface area contributed by atoms with E-state index in [0.717, 1.165) is 38.5 Å². The average Bonchev–Trinajstić information content (AvgIpc) is 3.09. The highest BCUT2D eigenvalue weighted by molar-refractivity contribution is 5.92. The lowest BCUT2D eigenvalue weighted by molar-refractivity contribution is -0.158. The summed E-state index contributed by atoms with van der Waals surface area (Å²) in [6.45, 7) is 5.40. The summed E-state index contributed by atoms with van der Waals surface area (Å²) in [5.41, 5.74) is 2.53. The van der Waals surface area contributed by atoms with Crippen LogP contribution >= 0.6 is 0 Å². The predicted molar refractivity (Wildman–Crippen MR) is 115 cm³/mol. The molecule has 0 aromatic rings. The molecule has 0 radical (unpaired) electrons. The normalized spacial score (nSPS) is 36.6. The Morgan fingerprint density at radius 2 is 1.94 bits per heavy atom. The smallest absolute Gasteiger partial charge is 0.455 e. The minimum Gasteiger partial charge on any atom is -0.455 e. The van der Waals surface area contributed by atoms with Gasteiger partial charge in [-0.3, -0.25) is 9.59 Å². The van der Waals surface area contributed by atoms with Gasteiger partial charge in [0.25, 0.3) is 0 Å². The Morgan fingerprint density at radius 1 is 1.19 bits per heavy atom. The van der Waals surface area contributed by atoms with Gasteiger partial charge in [-0.2, -0.15) is 0 Å². The number of allylic oxidation sites excluding steroid dienone is 4. The van der Waals surface area contributed by atoms with Crippen molar-refractivity contribution in [1.82, 2.24) is 0 Å². The zero-order chi connectivity index (χ0) is 23.3. The largest absolute Gasteiger partial charge is 0.506 e. The van der Waals surface area contributed by atoms with Crippen LogP contribution < -0.4 is 0 Å². The second-order valence-corrected chi connectivity index (χ2v) is 10.3. The summed E-state index contributed by atoms with van der Waals surface area (Å²) in [5.74, 6) is -0.0788. The van der Waals surface area contributed by atoms with Crippen LogP contribution in [0.2, 0.25) is 0 Å². The lowest BCUT2D eigenvalue weighted by Crippen LogP contribution is -2.46. The maximum Gasteiger partial charge on any atom is 0.506 e. The number of Topliss-reactive ketones (excluding diaryl/α,β-unsaturated/α-hetero) is 1. The second kappa shape index (κ2) is 8.16. The highest BCUT2D eigenvalue weighted by Gasteiger charge is 2.57. The molecule has 1 N–H and O–H groups in total. The van der Waals surface area contributed by atoms with E-state index >= 15 is 0 Å². The number of rotatable bonds is 5. The minimum atomic E-state index is -1.56. The van der Waals surface area contributed by atoms with Crippen molar-refractivity contribution in [2.45, 2.75) is 71.8 Å². The average molecular weight is 445 g/mol. The quantitative estimate of drug-likeness (QED) is 0.499. The van der Waals surface area contributed by atoms with Crippen molar-refractivity contribution in [1.29, 1.82) is 0 Å². The van der Waals surface area contributed by atoms with Gasteiger partial charge in [-0.25, -0.2) is 9.59 Å². The van der Waals surface area contributed by atoms with E-state index in [1.54, 1.807) is 0 Å². The van der Waals surface area contributed by atoms with Crippen molar-refractivity contribution in [3.8, 4) is 0 Å². The number of carbonyl (C=O) groups is 4. The number of ether oxygens (including phenoxy) is 2. The predicted octanol–water partition coefficient (Wildman–Crippen LogP) is 4.25. The molecule has 174 valence electrons. The summed E-state index contributed by atoms with van der Waals surface area (Å²) in [6, 6.07) is 0. The Hall–Kier alpha value is -2.44. The molecule has 0 bridgehead atoms. The van der Waals surface area contributed by atoms with Crippen molar-refractivity contribution >= 4 is 23.7 Å². The third-order valence-electron chi connectivity index (χ3n) is 8.69. The first-order chi connectivity index (χ1) is 15.1. The summed E-state index contributed by atoms with van der Waals surface area (Å²) >= 11 is 0. The first-order valence-corrected chi connectivity index (χ1v) is 11.6. The molecule has 0 aliphatic heterocycles. The fourth-order valence-electron chi connectivity index (χ4n) is 6.94. The maximum absolute atomic E-state index is 13.0. The number of carboxylic acid groups (broad SMARTS) is 1. The van der Waals surface area contributed by atoms with Crippen LogP contribution in [-0.2, 0) is 23.9 Å². The number of hydrogen-bond acceptors (Lipinski definition) is 6. The first kappa shape index (κ1) is 22.7. The molecule has 2 fully saturated rings. The molecule has 0 heterocycles. The molecule has 4 aliphatic carbocycles. The van der Waals surface area contributed by atoms with Gasteiger partial charge in [-0.15, -0.1) is 0 Å². The van der Waals surface area contributed by atoms with E-state index in [4.69, 9.17) is 9.84 Å². The fourth-order valence-corrected chi connectivity index (χ4v) is 6.94. The van der Waals surface area contributed by atoms with Crippen LogP contribution in [0, 0.1) is 28.6 Å². The molecular formula is C25H32O7. The molecule has 6 unspecified atom stereocenters. The Balaban J connectivity index is 1.48. The number of hydrogen-bond donors (Lipinski definition) is 1. The summed E-state index contributed by atoms with van der Waals surface area (Å²) in [6.07, 6.45) is 7.37. The van der Waals surface area contributed by atoms with E-state index in [-0.39, 0.29) is 34.9 Å². The molecular weight excluding hydrogens is 412 g/mol. The van der Waals surface area contributed by atoms with Crippen molar-refractivity contribution in [3.05, 3.63) is 23.3 Å². The van der Waals surface area contributed by atoms with Gasteiger partial charge in [0, 0.05) is 17.8 Å². The fraction of sp³-hybridized carbons (Fsp3) is 0.680. The summed E-state index contributed by atoms with van der Waals surface area (Å²) in [7, 11) is 0. The zero-order valence-corrected chi connectivity index (χ0v) is 19.0. The molecule has 7 nitrogen and oxygen atoms in total. The van der Waals surface area contributed by atoms with E-state index in [2.05, 4.69) is 24.7 Å². The Kier molecular flexibility index (Phi) is 5.80. The molecule has 0 saturated heterocycles. The van der Waals surface area contributed by atoms with Gasteiger partial charge in [0.15, 0.2) is 17.7 Å². The highest BCUT2D eigenvalue weighted by atomic mass is 16.7. The van der Waals surface area contributed by atoms with Gasteiger partial charge < -0.3 is 14.6 Å². The van der Waals surface area contributed by atoms with E-state index < -0.39 is 18.2 Å². The monoisotopic (exact) mass is 444 g/mol. The third-order valence-corrected chi connectivity index (χ3v) is 8.69. The van der Waals surface area contributed by atoms with Crippen LogP contribution in [0.25, 0.3) is 0 Å². The van der Waals surface area contributed by atoms with Gasteiger partial charge in [0.2, 0.25) is 0 Å². The van der Waals surface area contributed by atoms with Crippen LogP contribution in [0.1, 0.15) is 65.7 Å². The Morgan fingerprint density at radius 3 is 2.66 bits per heavy atom. The summed E-state index contributed by atoms with van der Waals surface area (Å²) in [4.78, 5) is 47.5. The topological polar surface area (TPSA) is 107 Å². The van der Waals surface area contributed by atoms with E-state index in [9.17, 15) is 19.2 Å². The molecule has 0 spiro atoms. The number of fused-ring (bicyclic) bond motifs is 5. The third kappa shape index (κ3) is 3.69. The number of carbonyl (C=O) groups excluding carboxylic acids is 3. The number of esters is 1. The molecule has 4 rings (SSSR count). The van der Waals surface area contributed by atoms with Crippen LogP contribution in [0.4, 0.5) is 4.79 Å². The minimum absolute atomic E-state index is 0.0317. The lowest BCUT2D eigenvalue weighted by atomic mass is 9.51. The van der Waals surface area contributed by atoms with Gasteiger partial charge in [-0.05, 0) is 68.8 Å². The Bertz CT molecular complexity index is 915. The van der Waals surface area contributed by atoms with E-state index in [1.165, 1.54) is 18.1 Å². The molecule has 7 heteroatoms. The molecule has 4 aliphatic rings. The van der Waals surface area contributed by atoms with Crippen molar-refractivity contribution in [2.24, 2.45) is 28.6 Å². The zero-order valence-electron chi connectivity index (χ0n) is 19.0. The summed E-state index contributed by atoms with van der Waals surface area (Å²) < 4.78 is 9.47. The summed E-state index contributed by atoms with van der Waals surface area (Å²) in [5, 5.41) is 8.62. The second-order valence-electron chi connectivity index (χ2n) is 10.3. The molecule has 2 saturated carbocycles. The first-order valence-electron chi connectivity index (χ1n) is 11.6. The van der Waals surface area contributed by atoms with Crippen LogP contribution in [-0.4, -0.2) is 41.5 Å². The van der Waals surface area contributed by atoms with Crippen LogP contribution in [0.15, 0.2) is 23.3 Å². The van der Waals surface area contributed by atoms with Crippen molar-refractivity contribution in [2.75, 3.05) is 6.61 Å². The van der Waals surface area contributed by atoms with Crippen molar-refractivity contribution in [3.63, 3.8) is 0 Å².